The number of carboxylic acids is 1. The molecule has 1 aromatic carbocycles. The van der Waals surface area contributed by atoms with Crippen molar-refractivity contribution < 1.29 is 23.1 Å². The highest BCUT2D eigenvalue weighted by Crippen LogP contribution is 2.23. The second-order valence-corrected chi connectivity index (χ2v) is 8.57. The zero-order valence-electron chi connectivity index (χ0n) is 15.4. The van der Waals surface area contributed by atoms with Gasteiger partial charge in [-0.15, -0.1) is 0 Å². The highest BCUT2D eigenvalue weighted by molar-refractivity contribution is 7.88. The predicted octanol–water partition coefficient (Wildman–Crippen LogP) is 1.39. The maximum absolute atomic E-state index is 12.3. The molecule has 1 aliphatic rings. The minimum atomic E-state index is -3.75. The lowest BCUT2D eigenvalue weighted by molar-refractivity contribution is -0.139. The number of carbonyl (C=O) groups is 2. The van der Waals surface area contributed by atoms with Crippen LogP contribution in [0.5, 0.6) is 0 Å². The van der Waals surface area contributed by atoms with Crippen LogP contribution in [0.2, 0.25) is 0 Å². The van der Waals surface area contributed by atoms with Crippen LogP contribution in [-0.4, -0.2) is 56.6 Å². The van der Waals surface area contributed by atoms with Gasteiger partial charge in [-0.05, 0) is 37.2 Å². The number of urea groups is 1. The molecule has 0 aliphatic carbocycles. The Hall–Kier alpha value is -2.13. The Morgan fingerprint density at radius 2 is 1.85 bits per heavy atom. The van der Waals surface area contributed by atoms with Crippen LogP contribution in [0.15, 0.2) is 30.3 Å². The average Bonchev–Trinajstić information content (AvgIpc) is 2.65. The summed E-state index contributed by atoms with van der Waals surface area (Å²) in [6.45, 7) is 1.25. The molecule has 2 rings (SSSR count). The van der Waals surface area contributed by atoms with E-state index in [1.165, 1.54) is 0 Å². The highest BCUT2D eigenvalue weighted by Gasteiger charge is 2.27. The number of hydrogen-bond donors (Lipinski definition) is 3. The van der Waals surface area contributed by atoms with E-state index in [-0.39, 0.29) is 24.1 Å². The fraction of sp³-hybridized carbons (Fsp3) is 0.556. The van der Waals surface area contributed by atoms with Crippen molar-refractivity contribution in [2.75, 3.05) is 20.1 Å². The zero-order chi connectivity index (χ0) is 19.9. The minimum Gasteiger partial charge on any atom is -0.480 e. The Bertz CT molecular complexity index is 731. The lowest BCUT2D eigenvalue weighted by Gasteiger charge is -2.32. The van der Waals surface area contributed by atoms with Crippen LogP contribution in [0.3, 0.4) is 0 Å². The van der Waals surface area contributed by atoms with E-state index in [4.69, 9.17) is 0 Å². The second kappa shape index (κ2) is 9.70. The number of benzene rings is 1. The Morgan fingerprint density at radius 3 is 2.41 bits per heavy atom. The normalized spacial score (nSPS) is 16.7. The van der Waals surface area contributed by atoms with Gasteiger partial charge >= 0.3 is 12.0 Å². The molecule has 150 valence electrons. The lowest BCUT2D eigenvalue weighted by atomic mass is 9.91. The molecular weight excluding hydrogens is 370 g/mol. The first-order valence-electron chi connectivity index (χ1n) is 9.04. The fourth-order valence-corrected chi connectivity index (χ4v) is 4.64. The van der Waals surface area contributed by atoms with Crippen LogP contribution in [0, 0.1) is 5.92 Å². The molecule has 0 radical (unpaired) electrons. The molecule has 9 heteroatoms. The summed E-state index contributed by atoms with van der Waals surface area (Å²) in [5.74, 6) is -1.14. The van der Waals surface area contributed by atoms with E-state index in [0.29, 0.717) is 25.1 Å². The van der Waals surface area contributed by atoms with Crippen molar-refractivity contribution in [2.24, 2.45) is 5.92 Å². The van der Waals surface area contributed by atoms with Crippen molar-refractivity contribution in [3.8, 4) is 0 Å². The first kappa shape index (κ1) is 21.2. The number of piperidine rings is 1. The van der Waals surface area contributed by atoms with Crippen molar-refractivity contribution in [3.05, 3.63) is 35.9 Å². The third kappa shape index (κ3) is 6.84. The molecule has 1 heterocycles. The van der Waals surface area contributed by atoms with E-state index in [0.717, 1.165) is 12.8 Å². The van der Waals surface area contributed by atoms with Gasteiger partial charge in [0.2, 0.25) is 10.0 Å². The number of aliphatic carboxylic acids is 1. The van der Waals surface area contributed by atoms with Gasteiger partial charge in [0.05, 0.1) is 5.75 Å². The van der Waals surface area contributed by atoms with Crippen LogP contribution in [0.25, 0.3) is 0 Å². The standard InChI is InChI=1S/C18H27N3O5S/c1-19-18(24)21-11-9-14(10-12-21)7-8-16(17(22)23)20-27(25,26)13-15-5-3-2-4-6-15/h2-6,14,16,20H,7-13H2,1H3,(H,19,24)(H,22,23)/t16-/m1/s1. The van der Waals surface area contributed by atoms with E-state index < -0.39 is 22.0 Å². The molecule has 1 aromatic rings. The number of sulfonamides is 1. The predicted molar refractivity (Wildman–Crippen MR) is 102 cm³/mol. The van der Waals surface area contributed by atoms with E-state index in [1.807, 2.05) is 0 Å². The van der Waals surface area contributed by atoms with E-state index in [1.54, 1.807) is 42.3 Å². The van der Waals surface area contributed by atoms with Gasteiger partial charge in [0.15, 0.2) is 0 Å². The molecular formula is C18H27N3O5S. The highest BCUT2D eigenvalue weighted by atomic mass is 32.2. The largest absolute Gasteiger partial charge is 0.480 e. The first-order valence-corrected chi connectivity index (χ1v) is 10.7. The summed E-state index contributed by atoms with van der Waals surface area (Å²) in [6, 6.07) is 7.40. The van der Waals surface area contributed by atoms with Gasteiger partial charge in [-0.25, -0.2) is 17.9 Å². The van der Waals surface area contributed by atoms with Gasteiger partial charge in [-0.3, -0.25) is 4.79 Å². The second-order valence-electron chi connectivity index (χ2n) is 6.82. The monoisotopic (exact) mass is 397 g/mol. The number of likely N-dealkylation sites (tertiary alicyclic amines) is 1. The number of nitrogens with one attached hydrogen (secondary N) is 2. The minimum absolute atomic E-state index is 0.106. The molecule has 1 saturated heterocycles. The Balaban J connectivity index is 1.85. The van der Waals surface area contributed by atoms with Crippen molar-refractivity contribution in [2.45, 2.75) is 37.5 Å². The zero-order valence-corrected chi connectivity index (χ0v) is 16.2. The third-order valence-electron chi connectivity index (χ3n) is 4.80. The van der Waals surface area contributed by atoms with Gasteiger partial charge in [0, 0.05) is 20.1 Å². The van der Waals surface area contributed by atoms with Crippen LogP contribution in [0.1, 0.15) is 31.2 Å². The van der Waals surface area contributed by atoms with Gasteiger partial charge < -0.3 is 15.3 Å². The smallest absolute Gasteiger partial charge is 0.321 e. The Kier molecular flexibility index (Phi) is 7.61. The Labute approximate surface area is 160 Å². The van der Waals surface area contributed by atoms with Crippen molar-refractivity contribution in [3.63, 3.8) is 0 Å². The molecule has 8 nitrogen and oxygen atoms in total. The van der Waals surface area contributed by atoms with Crippen LogP contribution < -0.4 is 10.0 Å². The number of hydrogen-bond acceptors (Lipinski definition) is 4. The van der Waals surface area contributed by atoms with Crippen LogP contribution in [-0.2, 0) is 20.6 Å². The molecule has 2 amide bonds. The SMILES string of the molecule is CNC(=O)N1CCC(CC[C@@H](NS(=O)(=O)Cc2ccccc2)C(=O)O)CC1. The molecule has 3 N–H and O–H groups in total. The topological polar surface area (TPSA) is 116 Å². The first-order chi connectivity index (χ1) is 12.8. The summed E-state index contributed by atoms with van der Waals surface area (Å²) in [7, 11) is -2.16. The maximum Gasteiger partial charge on any atom is 0.321 e. The fourth-order valence-electron chi connectivity index (χ4n) is 3.27. The van der Waals surface area contributed by atoms with Crippen molar-refractivity contribution in [1.29, 1.82) is 0 Å². The summed E-state index contributed by atoms with van der Waals surface area (Å²) < 4.78 is 26.9. The number of nitrogens with zero attached hydrogens (tertiary/aromatic N) is 1. The van der Waals surface area contributed by atoms with Crippen LogP contribution >= 0.6 is 0 Å². The molecule has 0 spiro atoms. The molecule has 1 atom stereocenters. The molecule has 0 unspecified atom stereocenters. The van der Waals surface area contributed by atoms with Gasteiger partial charge in [0.1, 0.15) is 6.04 Å². The number of carbonyl (C=O) groups excluding carboxylic acids is 1. The molecule has 0 saturated carbocycles. The molecule has 27 heavy (non-hydrogen) atoms. The third-order valence-corrected chi connectivity index (χ3v) is 6.16. The van der Waals surface area contributed by atoms with Crippen LogP contribution in [0.4, 0.5) is 4.79 Å². The summed E-state index contributed by atoms with van der Waals surface area (Å²) in [4.78, 5) is 24.8. The average molecular weight is 397 g/mol. The number of rotatable bonds is 8. The van der Waals surface area contributed by atoms with Crippen molar-refractivity contribution >= 4 is 22.0 Å². The lowest BCUT2D eigenvalue weighted by Crippen LogP contribution is -2.44. The van der Waals surface area contributed by atoms with E-state index in [2.05, 4.69) is 10.0 Å². The van der Waals surface area contributed by atoms with Gasteiger partial charge in [0.25, 0.3) is 0 Å². The summed E-state index contributed by atoms with van der Waals surface area (Å²) >= 11 is 0. The van der Waals surface area contributed by atoms with Gasteiger partial charge in [-0.2, -0.15) is 0 Å². The summed E-state index contributed by atoms with van der Waals surface area (Å²) in [5.41, 5.74) is 0.607. The Morgan fingerprint density at radius 1 is 1.22 bits per heavy atom. The summed E-state index contributed by atoms with van der Waals surface area (Å²) in [5, 5.41) is 12.0. The quantitative estimate of drug-likeness (QED) is 0.613. The van der Waals surface area contributed by atoms with Gasteiger partial charge in [-0.1, -0.05) is 30.3 Å². The molecule has 1 aliphatic heterocycles. The van der Waals surface area contributed by atoms with E-state index >= 15 is 0 Å². The molecule has 0 aromatic heterocycles. The summed E-state index contributed by atoms with van der Waals surface area (Å²) in [6.07, 6.45) is 2.41. The molecule has 1 fully saturated rings. The number of carboxylic acid groups (broad SMARTS) is 1. The molecule has 0 bridgehead atoms. The van der Waals surface area contributed by atoms with E-state index in [9.17, 15) is 23.1 Å². The van der Waals surface area contributed by atoms with Crippen molar-refractivity contribution in [1.82, 2.24) is 14.9 Å². The number of amides is 2. The maximum atomic E-state index is 12.3.